The number of nitrogens with one attached hydrogen (secondary N) is 1. The number of H-pyrrole nitrogens is 1. The first-order valence-corrected chi connectivity index (χ1v) is 16.3. The van der Waals surface area contributed by atoms with Crippen molar-refractivity contribution >= 4 is 34.0 Å². The van der Waals surface area contributed by atoms with Crippen LogP contribution in [0.5, 0.6) is 11.5 Å². The van der Waals surface area contributed by atoms with E-state index in [9.17, 15) is 9.59 Å². The van der Waals surface area contributed by atoms with Gasteiger partial charge in [0.25, 0.3) is 5.91 Å². The third-order valence-corrected chi connectivity index (χ3v) is 9.25. The highest BCUT2D eigenvalue weighted by molar-refractivity contribution is 6.05. The molecular formula is C36H39FN8O4. The van der Waals surface area contributed by atoms with Gasteiger partial charge in [0, 0.05) is 82.1 Å². The minimum absolute atomic E-state index is 0. The second kappa shape index (κ2) is 13.8. The maximum absolute atomic E-state index is 16.6. The Bertz CT molecular complexity index is 2020. The number of carbonyl (C=O) groups is 2. The number of aromatic amines is 1. The number of aryl methyl sites for hydroxylation is 1. The molecule has 1 saturated heterocycles. The second-order valence-electron chi connectivity index (χ2n) is 12.0. The van der Waals surface area contributed by atoms with Crippen molar-refractivity contribution in [3.8, 4) is 22.6 Å². The van der Waals surface area contributed by atoms with Gasteiger partial charge in [-0.05, 0) is 35.8 Å². The maximum Gasteiger partial charge on any atom is 0.270 e. The topological polar surface area (TPSA) is 122 Å². The number of piperazine rings is 1. The Hall–Kier alpha value is -5.72. The summed E-state index contributed by atoms with van der Waals surface area (Å²) in [4.78, 5) is 40.1. The first kappa shape index (κ1) is 31.9. The lowest BCUT2D eigenvalue weighted by molar-refractivity contribution is -0.131. The number of amides is 2. The van der Waals surface area contributed by atoms with Crippen LogP contribution < -0.4 is 14.4 Å². The molecule has 0 saturated carbocycles. The molecule has 0 atom stereocenters. The predicted molar refractivity (Wildman–Crippen MR) is 185 cm³/mol. The molecule has 254 valence electrons. The summed E-state index contributed by atoms with van der Waals surface area (Å²) >= 11 is 0. The van der Waals surface area contributed by atoms with Crippen LogP contribution in [-0.4, -0.2) is 100 Å². The molecule has 49 heavy (non-hydrogen) atoms. The fraction of sp³-hybridized carbons (Fsp3) is 0.306. The monoisotopic (exact) mass is 666 g/mol. The highest BCUT2D eigenvalue weighted by atomic mass is 19.1. The summed E-state index contributed by atoms with van der Waals surface area (Å²) in [6, 6.07) is 12.9. The van der Waals surface area contributed by atoms with E-state index in [1.54, 1.807) is 59.6 Å². The molecule has 0 radical (unpaired) electrons. The fourth-order valence-corrected chi connectivity index (χ4v) is 6.68. The normalized spacial score (nSPS) is 15.0. The molecule has 3 aromatic heterocycles. The quantitative estimate of drug-likeness (QED) is 0.236. The van der Waals surface area contributed by atoms with E-state index in [4.69, 9.17) is 9.47 Å². The van der Waals surface area contributed by atoms with Crippen LogP contribution in [0.4, 0.5) is 10.1 Å². The van der Waals surface area contributed by atoms with Crippen molar-refractivity contribution in [1.29, 1.82) is 0 Å². The first-order chi connectivity index (χ1) is 23.9. The number of nitrogens with zero attached hydrogens (tertiary/aromatic N) is 7. The van der Waals surface area contributed by atoms with E-state index in [1.165, 1.54) is 0 Å². The molecular weight excluding hydrogens is 627 g/mol. The SMILES string of the molecule is COc1ccccc1-c1cc(C2=CCCN(C(=O)CCn3ccnn3)C2)c(F)c2[nH]c(C(=O)N3CCN(c4cnccc4OC)CC3)cc12.[HH]. The van der Waals surface area contributed by atoms with Gasteiger partial charge in [0.2, 0.25) is 5.91 Å². The van der Waals surface area contributed by atoms with Crippen molar-refractivity contribution in [3.63, 3.8) is 0 Å². The summed E-state index contributed by atoms with van der Waals surface area (Å²) in [6.07, 6.45) is 9.59. The molecule has 13 heteroatoms. The van der Waals surface area contributed by atoms with Gasteiger partial charge in [-0.25, -0.2) is 4.39 Å². The number of carbonyl (C=O) groups excluding carboxylic acids is 2. The summed E-state index contributed by atoms with van der Waals surface area (Å²) in [5, 5.41) is 8.31. The van der Waals surface area contributed by atoms with E-state index < -0.39 is 5.82 Å². The maximum atomic E-state index is 16.6. The Morgan fingerprint density at radius 1 is 0.939 bits per heavy atom. The Balaban J connectivity index is 0.00000432. The number of rotatable bonds is 9. The van der Waals surface area contributed by atoms with E-state index in [2.05, 4.69) is 25.2 Å². The predicted octanol–water partition coefficient (Wildman–Crippen LogP) is 4.89. The van der Waals surface area contributed by atoms with Crippen LogP contribution in [0.15, 0.2) is 73.3 Å². The summed E-state index contributed by atoms with van der Waals surface area (Å²) < 4.78 is 29.5. The summed E-state index contributed by atoms with van der Waals surface area (Å²) in [6.45, 7) is 3.38. The van der Waals surface area contributed by atoms with E-state index in [-0.39, 0.29) is 31.7 Å². The zero-order valence-corrected chi connectivity index (χ0v) is 27.4. The number of hydrogen-bond donors (Lipinski definition) is 1. The second-order valence-corrected chi connectivity index (χ2v) is 12.0. The van der Waals surface area contributed by atoms with Gasteiger partial charge in [-0.15, -0.1) is 5.10 Å². The van der Waals surface area contributed by atoms with Gasteiger partial charge in [-0.1, -0.05) is 29.5 Å². The number of anilines is 1. The zero-order chi connectivity index (χ0) is 33.9. The molecule has 1 N–H and O–H groups in total. The van der Waals surface area contributed by atoms with Gasteiger partial charge >= 0.3 is 0 Å². The molecule has 2 aliphatic heterocycles. The standard InChI is InChI=1S/C36H37FN8O4.H2/c1-48-31-8-4-3-7-25(31)27-20-26(24-6-5-13-44(23-24)33(46)10-14-45-15-12-39-41-45)34(37)35-28(27)21-29(40-35)36(47)43-18-16-42(17-19-43)30-22-38-11-9-32(30)49-2;/h3-4,6-9,11-12,15,20-22,40H,5,10,13-14,16-19,23H2,1-2H3;1H. The number of para-hydroxylation sites is 1. The number of fused-ring (bicyclic) bond motifs is 1. The number of aromatic nitrogens is 5. The Kier molecular flexibility index (Phi) is 8.97. The zero-order valence-electron chi connectivity index (χ0n) is 27.4. The van der Waals surface area contributed by atoms with Crippen LogP contribution in [0, 0.1) is 5.82 Å². The van der Waals surface area contributed by atoms with Gasteiger partial charge in [0.05, 0.1) is 44.4 Å². The number of benzene rings is 2. The fourth-order valence-electron chi connectivity index (χ4n) is 6.68. The van der Waals surface area contributed by atoms with Crippen LogP contribution in [0.3, 0.4) is 0 Å². The molecule has 0 aliphatic carbocycles. The molecule has 5 heterocycles. The third kappa shape index (κ3) is 6.31. The van der Waals surface area contributed by atoms with E-state index >= 15 is 4.39 Å². The van der Waals surface area contributed by atoms with Gasteiger partial charge in [-0.2, -0.15) is 0 Å². The van der Waals surface area contributed by atoms with Crippen LogP contribution in [0.25, 0.3) is 27.6 Å². The minimum atomic E-state index is -0.468. The highest BCUT2D eigenvalue weighted by Gasteiger charge is 2.28. The average Bonchev–Trinajstić information content (AvgIpc) is 3.85. The van der Waals surface area contributed by atoms with Crippen LogP contribution in [0.1, 0.15) is 30.3 Å². The molecule has 2 aliphatic rings. The van der Waals surface area contributed by atoms with Gasteiger partial charge in [-0.3, -0.25) is 19.3 Å². The van der Waals surface area contributed by atoms with E-state index in [0.717, 1.165) is 22.6 Å². The lowest BCUT2D eigenvalue weighted by Gasteiger charge is -2.36. The lowest BCUT2D eigenvalue weighted by Crippen LogP contribution is -2.49. The highest BCUT2D eigenvalue weighted by Crippen LogP contribution is 2.40. The van der Waals surface area contributed by atoms with Crippen molar-refractivity contribution in [3.05, 3.63) is 90.4 Å². The number of ether oxygens (including phenoxy) is 2. The largest absolute Gasteiger partial charge is 0.496 e. The number of pyridine rings is 1. The molecule has 2 aromatic carbocycles. The van der Waals surface area contributed by atoms with E-state index in [1.807, 2.05) is 42.5 Å². The Morgan fingerprint density at radius 2 is 1.76 bits per heavy atom. The smallest absolute Gasteiger partial charge is 0.270 e. The van der Waals surface area contributed by atoms with Gasteiger partial charge < -0.3 is 29.2 Å². The van der Waals surface area contributed by atoms with Gasteiger partial charge in [0.15, 0.2) is 5.82 Å². The minimum Gasteiger partial charge on any atom is -0.496 e. The number of halogens is 1. The molecule has 7 rings (SSSR count). The number of methoxy groups -OCH3 is 2. The average molecular weight is 667 g/mol. The Morgan fingerprint density at radius 3 is 2.53 bits per heavy atom. The van der Waals surface area contributed by atoms with Crippen molar-refractivity contribution in [2.24, 2.45) is 0 Å². The molecule has 1 fully saturated rings. The summed E-state index contributed by atoms with van der Waals surface area (Å²) in [5.74, 6) is 0.640. The molecule has 0 unspecified atom stereocenters. The molecule has 2 amide bonds. The first-order valence-electron chi connectivity index (χ1n) is 16.3. The van der Waals surface area contributed by atoms with Gasteiger partial charge in [0.1, 0.15) is 17.2 Å². The van der Waals surface area contributed by atoms with Crippen molar-refractivity contribution in [2.75, 3.05) is 58.4 Å². The van der Waals surface area contributed by atoms with E-state index in [0.29, 0.717) is 73.7 Å². The molecule has 0 bridgehead atoms. The Labute approximate surface area is 284 Å². The molecule has 0 spiro atoms. The summed E-state index contributed by atoms with van der Waals surface area (Å²) in [5.41, 5.74) is 4.00. The molecule has 12 nitrogen and oxygen atoms in total. The van der Waals surface area contributed by atoms with Crippen LogP contribution in [0.2, 0.25) is 0 Å². The third-order valence-electron chi connectivity index (χ3n) is 9.25. The molecule has 5 aromatic rings. The van der Waals surface area contributed by atoms with Crippen molar-refractivity contribution in [1.82, 2.24) is 34.8 Å². The number of hydrogen-bond acceptors (Lipinski definition) is 8. The van der Waals surface area contributed by atoms with Crippen LogP contribution >= 0.6 is 0 Å². The van der Waals surface area contributed by atoms with Crippen molar-refractivity contribution < 1.29 is 24.9 Å². The van der Waals surface area contributed by atoms with Crippen LogP contribution in [-0.2, 0) is 11.3 Å². The summed E-state index contributed by atoms with van der Waals surface area (Å²) in [7, 11) is 3.22. The van der Waals surface area contributed by atoms with Crippen molar-refractivity contribution in [2.45, 2.75) is 19.4 Å². The lowest BCUT2D eigenvalue weighted by atomic mass is 9.93.